The molecule has 118 valence electrons. The highest BCUT2D eigenvalue weighted by molar-refractivity contribution is 7.98. The van der Waals surface area contributed by atoms with Gasteiger partial charge in [-0.25, -0.2) is 0 Å². The summed E-state index contributed by atoms with van der Waals surface area (Å²) >= 11 is 1.67. The Bertz CT molecular complexity index is 771. The zero-order chi connectivity index (χ0) is 16.1. The quantitative estimate of drug-likeness (QED) is 0.638. The van der Waals surface area contributed by atoms with Crippen molar-refractivity contribution in [1.29, 1.82) is 0 Å². The summed E-state index contributed by atoms with van der Waals surface area (Å²) in [6.07, 6.45) is 0. The van der Waals surface area contributed by atoms with E-state index in [1.807, 2.05) is 67.1 Å². The van der Waals surface area contributed by atoms with E-state index in [1.165, 1.54) is 5.56 Å². The predicted molar refractivity (Wildman–Crippen MR) is 93.6 cm³/mol. The highest BCUT2D eigenvalue weighted by Gasteiger charge is 2.12. The van der Waals surface area contributed by atoms with E-state index in [0.717, 1.165) is 28.0 Å². The van der Waals surface area contributed by atoms with Crippen LogP contribution in [0.3, 0.4) is 0 Å². The summed E-state index contributed by atoms with van der Waals surface area (Å²) in [5.41, 5.74) is 2.24. The number of para-hydroxylation sites is 1. The van der Waals surface area contributed by atoms with Crippen molar-refractivity contribution < 1.29 is 4.74 Å². The van der Waals surface area contributed by atoms with Crippen molar-refractivity contribution >= 4 is 11.8 Å². The first-order chi connectivity index (χ1) is 11.3. The maximum Gasteiger partial charge on any atom is 0.191 e. The summed E-state index contributed by atoms with van der Waals surface area (Å²) in [7, 11) is 2.00. The highest BCUT2D eigenvalue weighted by atomic mass is 32.2. The van der Waals surface area contributed by atoms with Crippen molar-refractivity contribution in [3.8, 4) is 17.1 Å². The SMILES string of the molecule is CCOc1ccccc1CSc1nnc(-c2ccccc2)n1C. The molecule has 0 radical (unpaired) electrons. The van der Waals surface area contributed by atoms with E-state index in [4.69, 9.17) is 4.74 Å². The number of thioether (sulfide) groups is 1. The van der Waals surface area contributed by atoms with Crippen LogP contribution in [0.1, 0.15) is 12.5 Å². The molecule has 0 spiro atoms. The molecule has 0 atom stereocenters. The van der Waals surface area contributed by atoms with Gasteiger partial charge in [-0.15, -0.1) is 10.2 Å². The van der Waals surface area contributed by atoms with Gasteiger partial charge in [0.05, 0.1) is 6.61 Å². The van der Waals surface area contributed by atoms with E-state index in [2.05, 4.69) is 16.3 Å². The maximum absolute atomic E-state index is 5.67. The molecule has 0 aliphatic carbocycles. The lowest BCUT2D eigenvalue weighted by molar-refractivity contribution is 0.337. The van der Waals surface area contributed by atoms with Crippen LogP contribution in [-0.2, 0) is 12.8 Å². The van der Waals surface area contributed by atoms with E-state index in [9.17, 15) is 0 Å². The van der Waals surface area contributed by atoms with Crippen LogP contribution in [0.15, 0.2) is 59.8 Å². The van der Waals surface area contributed by atoms with E-state index in [1.54, 1.807) is 11.8 Å². The van der Waals surface area contributed by atoms with Gasteiger partial charge in [0.1, 0.15) is 5.75 Å². The topological polar surface area (TPSA) is 39.9 Å². The Balaban J connectivity index is 1.76. The molecular formula is C18H19N3OS. The fourth-order valence-corrected chi connectivity index (χ4v) is 3.24. The first-order valence-corrected chi connectivity index (χ1v) is 8.56. The monoisotopic (exact) mass is 325 g/mol. The molecule has 0 saturated heterocycles. The molecule has 0 unspecified atom stereocenters. The molecule has 0 aliphatic rings. The van der Waals surface area contributed by atoms with Crippen molar-refractivity contribution in [3.05, 3.63) is 60.2 Å². The third-order valence-corrected chi connectivity index (χ3v) is 4.57. The standard InChI is InChI=1S/C18H19N3OS/c1-3-22-16-12-8-7-11-15(16)13-23-18-20-19-17(21(18)2)14-9-5-4-6-10-14/h4-12H,3,13H2,1-2H3. The van der Waals surface area contributed by atoms with Gasteiger partial charge in [0.2, 0.25) is 0 Å². The van der Waals surface area contributed by atoms with Crippen molar-refractivity contribution in [2.24, 2.45) is 7.05 Å². The van der Waals surface area contributed by atoms with Crippen LogP contribution in [0.2, 0.25) is 0 Å². The smallest absolute Gasteiger partial charge is 0.191 e. The minimum absolute atomic E-state index is 0.670. The minimum atomic E-state index is 0.670. The number of rotatable bonds is 6. The highest BCUT2D eigenvalue weighted by Crippen LogP contribution is 2.28. The molecule has 1 heterocycles. The minimum Gasteiger partial charge on any atom is -0.494 e. The van der Waals surface area contributed by atoms with Crippen LogP contribution in [-0.4, -0.2) is 21.4 Å². The Morgan fingerprint density at radius 2 is 1.74 bits per heavy atom. The molecule has 2 aromatic carbocycles. The summed E-state index contributed by atoms with van der Waals surface area (Å²) in [6, 6.07) is 18.2. The lowest BCUT2D eigenvalue weighted by Gasteiger charge is -2.09. The number of aromatic nitrogens is 3. The molecule has 0 fully saturated rings. The predicted octanol–water partition coefficient (Wildman–Crippen LogP) is 4.17. The lowest BCUT2D eigenvalue weighted by atomic mass is 10.2. The van der Waals surface area contributed by atoms with Gasteiger partial charge in [-0.1, -0.05) is 60.3 Å². The van der Waals surface area contributed by atoms with Gasteiger partial charge in [-0.2, -0.15) is 0 Å². The zero-order valence-corrected chi connectivity index (χ0v) is 14.1. The molecule has 0 aliphatic heterocycles. The molecule has 3 aromatic rings. The molecular weight excluding hydrogens is 306 g/mol. The van der Waals surface area contributed by atoms with Gasteiger partial charge in [0, 0.05) is 23.9 Å². The van der Waals surface area contributed by atoms with E-state index < -0.39 is 0 Å². The van der Waals surface area contributed by atoms with Crippen LogP contribution in [0.25, 0.3) is 11.4 Å². The molecule has 0 bridgehead atoms. The normalized spacial score (nSPS) is 10.7. The summed E-state index contributed by atoms with van der Waals surface area (Å²) in [5.74, 6) is 2.62. The molecule has 0 amide bonds. The fraction of sp³-hybridized carbons (Fsp3) is 0.222. The third-order valence-electron chi connectivity index (χ3n) is 3.50. The van der Waals surface area contributed by atoms with Crippen molar-refractivity contribution in [3.63, 3.8) is 0 Å². The number of benzene rings is 2. The molecule has 3 rings (SSSR count). The van der Waals surface area contributed by atoms with Gasteiger partial charge in [0.25, 0.3) is 0 Å². The van der Waals surface area contributed by atoms with Gasteiger partial charge in [-0.05, 0) is 13.0 Å². The summed E-state index contributed by atoms with van der Waals surface area (Å²) in [4.78, 5) is 0. The second-order valence-corrected chi connectivity index (χ2v) is 6.00. The summed E-state index contributed by atoms with van der Waals surface area (Å²) in [5, 5.41) is 9.53. The van der Waals surface area contributed by atoms with Crippen LogP contribution >= 0.6 is 11.8 Å². The molecule has 1 aromatic heterocycles. The Kier molecular flexibility index (Phi) is 4.98. The van der Waals surface area contributed by atoms with Gasteiger partial charge in [-0.3, -0.25) is 0 Å². The number of hydrogen-bond donors (Lipinski definition) is 0. The number of nitrogens with zero attached hydrogens (tertiary/aromatic N) is 3. The first kappa shape index (κ1) is 15.6. The molecule has 23 heavy (non-hydrogen) atoms. The van der Waals surface area contributed by atoms with Gasteiger partial charge in [0.15, 0.2) is 11.0 Å². The van der Waals surface area contributed by atoms with Crippen LogP contribution in [0.4, 0.5) is 0 Å². The van der Waals surface area contributed by atoms with Crippen LogP contribution in [0, 0.1) is 0 Å². The van der Waals surface area contributed by atoms with Gasteiger partial charge < -0.3 is 9.30 Å². The molecule has 0 N–H and O–H groups in total. The second kappa shape index (κ2) is 7.33. The van der Waals surface area contributed by atoms with E-state index >= 15 is 0 Å². The molecule has 4 nitrogen and oxygen atoms in total. The largest absolute Gasteiger partial charge is 0.494 e. The van der Waals surface area contributed by atoms with Crippen molar-refractivity contribution in [2.45, 2.75) is 17.8 Å². The lowest BCUT2D eigenvalue weighted by Crippen LogP contribution is -1.97. The Labute approximate surface area is 140 Å². The number of ether oxygens (including phenoxy) is 1. The average Bonchev–Trinajstić information content (AvgIpc) is 2.96. The third kappa shape index (κ3) is 3.56. The van der Waals surface area contributed by atoms with E-state index in [-0.39, 0.29) is 0 Å². The number of hydrogen-bond acceptors (Lipinski definition) is 4. The Morgan fingerprint density at radius 1 is 1.00 bits per heavy atom. The van der Waals surface area contributed by atoms with Gasteiger partial charge >= 0.3 is 0 Å². The van der Waals surface area contributed by atoms with Crippen molar-refractivity contribution in [1.82, 2.24) is 14.8 Å². The summed E-state index contributed by atoms with van der Waals surface area (Å²) < 4.78 is 7.71. The Hall–Kier alpha value is -2.27. The van der Waals surface area contributed by atoms with Crippen LogP contribution < -0.4 is 4.74 Å². The van der Waals surface area contributed by atoms with Crippen LogP contribution in [0.5, 0.6) is 5.75 Å². The maximum atomic E-state index is 5.67. The second-order valence-electron chi connectivity index (χ2n) is 5.06. The van der Waals surface area contributed by atoms with Crippen molar-refractivity contribution in [2.75, 3.05) is 6.61 Å². The average molecular weight is 325 g/mol. The fourth-order valence-electron chi connectivity index (χ4n) is 2.34. The molecule has 5 heteroatoms. The van der Waals surface area contributed by atoms with E-state index in [0.29, 0.717) is 6.61 Å². The summed E-state index contributed by atoms with van der Waals surface area (Å²) in [6.45, 7) is 2.67. The Morgan fingerprint density at radius 3 is 2.52 bits per heavy atom. The zero-order valence-electron chi connectivity index (χ0n) is 13.3. The molecule has 0 saturated carbocycles. The first-order valence-electron chi connectivity index (χ1n) is 7.58.